The fourth-order valence-electron chi connectivity index (χ4n) is 9.58. The van der Waals surface area contributed by atoms with Gasteiger partial charge in [-0.05, 0) is 124 Å². The fraction of sp³-hybridized carbons (Fsp3) is 0.931. The lowest BCUT2D eigenvalue weighted by Crippen LogP contribution is -2.58. The lowest BCUT2D eigenvalue weighted by molar-refractivity contribution is -0.174. The van der Waals surface area contributed by atoms with Crippen LogP contribution >= 0.6 is 0 Å². The Bertz CT molecular complexity index is 807. The van der Waals surface area contributed by atoms with Crippen molar-refractivity contribution in [1.82, 2.24) is 5.32 Å². The summed E-state index contributed by atoms with van der Waals surface area (Å²) < 4.78 is 0. The van der Waals surface area contributed by atoms with E-state index in [9.17, 15) is 24.9 Å². The molecule has 6 N–H and O–H groups in total. The van der Waals surface area contributed by atoms with Crippen LogP contribution in [0.15, 0.2) is 0 Å². The van der Waals surface area contributed by atoms with E-state index in [0.717, 1.165) is 51.4 Å². The molecule has 1 amide bonds. The van der Waals surface area contributed by atoms with Crippen LogP contribution in [0.3, 0.4) is 0 Å². The molecule has 4 rings (SSSR count). The van der Waals surface area contributed by atoms with Crippen LogP contribution in [0, 0.1) is 46.3 Å². The quantitative estimate of drug-likeness (QED) is 0.324. The van der Waals surface area contributed by atoms with Gasteiger partial charge in [0.1, 0.15) is 6.04 Å². The van der Waals surface area contributed by atoms with Gasteiger partial charge in [0, 0.05) is 6.42 Å². The van der Waals surface area contributed by atoms with Crippen LogP contribution in [0.4, 0.5) is 0 Å². The van der Waals surface area contributed by atoms with Crippen molar-refractivity contribution in [3.8, 4) is 0 Å². The number of carboxylic acid groups (broad SMARTS) is 1. The van der Waals surface area contributed by atoms with Crippen LogP contribution in [-0.4, -0.2) is 52.0 Å². The van der Waals surface area contributed by atoms with E-state index in [0.29, 0.717) is 61.3 Å². The zero-order valence-electron chi connectivity index (χ0n) is 22.6. The van der Waals surface area contributed by atoms with E-state index in [4.69, 9.17) is 5.73 Å². The smallest absolute Gasteiger partial charge is 0.326 e. The van der Waals surface area contributed by atoms with Gasteiger partial charge in [-0.15, -0.1) is 0 Å². The van der Waals surface area contributed by atoms with Crippen molar-refractivity contribution in [2.45, 2.75) is 116 Å². The van der Waals surface area contributed by atoms with E-state index in [2.05, 4.69) is 26.1 Å². The van der Waals surface area contributed by atoms with Gasteiger partial charge in [-0.2, -0.15) is 0 Å². The maximum atomic E-state index is 12.6. The number of amides is 1. The molecule has 4 fully saturated rings. The second-order valence-electron chi connectivity index (χ2n) is 13.4. The number of hydrogen-bond acceptors (Lipinski definition) is 5. The lowest BCUT2D eigenvalue weighted by Gasteiger charge is -2.62. The van der Waals surface area contributed by atoms with E-state index in [1.165, 1.54) is 6.42 Å². The van der Waals surface area contributed by atoms with Gasteiger partial charge in [-0.25, -0.2) is 4.79 Å². The van der Waals surface area contributed by atoms with Crippen molar-refractivity contribution in [3.05, 3.63) is 0 Å². The van der Waals surface area contributed by atoms with Crippen molar-refractivity contribution >= 4 is 11.9 Å². The first-order chi connectivity index (χ1) is 17.0. The summed E-state index contributed by atoms with van der Waals surface area (Å²) in [6.45, 7) is 7.57. The normalized spacial score (nSPS) is 43.6. The number of carboxylic acids is 1. The molecule has 7 heteroatoms. The summed E-state index contributed by atoms with van der Waals surface area (Å²) in [6, 6.07) is -0.862. The third-order valence-electron chi connectivity index (χ3n) is 11.6. The third kappa shape index (κ3) is 5.09. The topological polar surface area (TPSA) is 133 Å². The molecule has 0 aromatic carbocycles. The molecule has 0 aromatic heterocycles. The van der Waals surface area contributed by atoms with Gasteiger partial charge >= 0.3 is 5.97 Å². The number of rotatable bonds is 9. The fourth-order valence-corrected chi connectivity index (χ4v) is 9.58. The maximum absolute atomic E-state index is 12.6. The molecule has 0 saturated heterocycles. The van der Waals surface area contributed by atoms with Crippen LogP contribution in [0.5, 0.6) is 0 Å². The minimum Gasteiger partial charge on any atom is -0.480 e. The Labute approximate surface area is 217 Å². The summed E-state index contributed by atoms with van der Waals surface area (Å²) >= 11 is 0. The standard InChI is InChI=1S/C29H50N2O5/c1-17(6-9-25(34)31-23(27(35)36)5-4-14-30)20-7-8-21-26-22(11-13-29(20,21)3)28(2)12-10-19(32)15-18(28)16-24(26)33/h17-24,26,32-33H,4-16,30H2,1-3H3,(H,31,34)(H,35,36)/t17-,18+,19-,20-,21+,22+,23+,24+,26+,28+,29-/m1/s1. The Balaban J connectivity index is 1.39. The van der Waals surface area contributed by atoms with Crippen molar-refractivity contribution in [2.75, 3.05) is 6.54 Å². The minimum absolute atomic E-state index is 0.181. The third-order valence-corrected chi connectivity index (χ3v) is 11.6. The molecule has 4 aliphatic rings. The van der Waals surface area contributed by atoms with Crippen LogP contribution in [0.1, 0.15) is 97.8 Å². The number of aliphatic hydroxyl groups excluding tert-OH is 2. The molecule has 206 valence electrons. The monoisotopic (exact) mass is 506 g/mol. The highest BCUT2D eigenvalue weighted by atomic mass is 16.4. The van der Waals surface area contributed by atoms with Crippen LogP contribution in [0.2, 0.25) is 0 Å². The summed E-state index contributed by atoms with van der Waals surface area (Å²) in [5.41, 5.74) is 5.92. The van der Waals surface area contributed by atoms with Crippen molar-refractivity contribution in [1.29, 1.82) is 0 Å². The molecule has 7 nitrogen and oxygen atoms in total. The van der Waals surface area contributed by atoms with Gasteiger partial charge in [0.05, 0.1) is 12.2 Å². The summed E-state index contributed by atoms with van der Waals surface area (Å²) in [4.78, 5) is 24.0. The second kappa shape index (κ2) is 10.9. The van der Waals surface area contributed by atoms with Gasteiger partial charge < -0.3 is 26.4 Å². The number of fused-ring (bicyclic) bond motifs is 5. The molecule has 0 unspecified atom stereocenters. The number of carbonyl (C=O) groups excluding carboxylic acids is 1. The number of aliphatic carboxylic acids is 1. The molecular formula is C29H50N2O5. The van der Waals surface area contributed by atoms with E-state index in [-0.39, 0.29) is 28.9 Å². The summed E-state index contributed by atoms with van der Waals surface area (Å²) in [5.74, 6) is 1.55. The molecule has 0 aromatic rings. The largest absolute Gasteiger partial charge is 0.480 e. The molecule has 0 radical (unpaired) electrons. The number of nitrogens with two attached hydrogens (primary N) is 1. The summed E-state index contributed by atoms with van der Waals surface area (Å²) in [7, 11) is 0. The second-order valence-corrected chi connectivity index (χ2v) is 13.4. The first kappa shape index (κ1) is 27.8. The highest BCUT2D eigenvalue weighted by molar-refractivity contribution is 5.83. The highest BCUT2D eigenvalue weighted by Crippen LogP contribution is 2.68. The number of carbonyl (C=O) groups is 2. The molecule has 36 heavy (non-hydrogen) atoms. The van der Waals surface area contributed by atoms with E-state index in [1.807, 2.05) is 0 Å². The lowest BCUT2D eigenvalue weighted by atomic mass is 9.43. The molecule has 0 aliphatic heterocycles. The van der Waals surface area contributed by atoms with E-state index >= 15 is 0 Å². The average Bonchev–Trinajstić information content (AvgIpc) is 3.18. The van der Waals surface area contributed by atoms with Gasteiger partial charge in [0.25, 0.3) is 0 Å². The molecule has 0 spiro atoms. The zero-order valence-corrected chi connectivity index (χ0v) is 22.6. The number of hydrogen-bond donors (Lipinski definition) is 5. The molecule has 4 saturated carbocycles. The molecule has 11 atom stereocenters. The van der Waals surface area contributed by atoms with Crippen LogP contribution < -0.4 is 11.1 Å². The van der Waals surface area contributed by atoms with Crippen molar-refractivity contribution in [2.24, 2.45) is 52.1 Å². The Kier molecular flexibility index (Phi) is 8.43. The summed E-state index contributed by atoms with van der Waals surface area (Å²) in [6.07, 6.45) is 9.84. The summed E-state index contributed by atoms with van der Waals surface area (Å²) in [5, 5.41) is 33.8. The van der Waals surface area contributed by atoms with Gasteiger partial charge in [0.15, 0.2) is 0 Å². The maximum Gasteiger partial charge on any atom is 0.326 e. The van der Waals surface area contributed by atoms with E-state index in [1.54, 1.807) is 0 Å². The number of nitrogens with one attached hydrogen (secondary N) is 1. The van der Waals surface area contributed by atoms with Gasteiger partial charge in [-0.3, -0.25) is 4.79 Å². The number of aliphatic hydroxyl groups is 2. The highest BCUT2D eigenvalue weighted by Gasteiger charge is 2.62. The Morgan fingerprint density at radius 2 is 1.69 bits per heavy atom. The zero-order chi connectivity index (χ0) is 26.3. The molecule has 4 aliphatic carbocycles. The SMILES string of the molecule is C[C@H](CCC(=O)N[C@@H](CCCN)C(=O)O)[C@H]1CC[C@H]2[C@@H]3[C@@H](O)C[C@@H]4C[C@H](O)CC[C@]4(C)[C@H]3CC[C@]12C. The Hall–Kier alpha value is -1.18. The predicted molar refractivity (Wildman–Crippen MR) is 139 cm³/mol. The van der Waals surface area contributed by atoms with Gasteiger partial charge in [0.2, 0.25) is 5.91 Å². The van der Waals surface area contributed by atoms with Crippen molar-refractivity contribution < 1.29 is 24.9 Å². The first-order valence-electron chi connectivity index (χ1n) is 14.6. The average molecular weight is 507 g/mol. The molecule has 0 bridgehead atoms. The van der Waals surface area contributed by atoms with Crippen LogP contribution in [-0.2, 0) is 9.59 Å². The molecule has 0 heterocycles. The Morgan fingerprint density at radius 1 is 1.00 bits per heavy atom. The van der Waals surface area contributed by atoms with Gasteiger partial charge in [-0.1, -0.05) is 20.8 Å². The predicted octanol–water partition coefficient (Wildman–Crippen LogP) is 3.70. The molecular weight excluding hydrogens is 456 g/mol. The van der Waals surface area contributed by atoms with Crippen LogP contribution in [0.25, 0.3) is 0 Å². The van der Waals surface area contributed by atoms with E-state index < -0.39 is 12.0 Å². The minimum atomic E-state index is -0.998. The first-order valence-corrected chi connectivity index (χ1v) is 14.6. The van der Waals surface area contributed by atoms with Crippen molar-refractivity contribution in [3.63, 3.8) is 0 Å². The Morgan fingerprint density at radius 3 is 2.39 bits per heavy atom.